The molecule has 0 heterocycles. The van der Waals surface area contributed by atoms with E-state index in [-0.39, 0.29) is 16.3 Å². The van der Waals surface area contributed by atoms with Crippen LogP contribution in [0.4, 0.5) is 13.2 Å². The quantitative estimate of drug-likeness (QED) is 0.468. The molecule has 2 aromatic carbocycles. The molecule has 8 heteroatoms. The first-order valence-corrected chi connectivity index (χ1v) is 7.40. The van der Waals surface area contributed by atoms with E-state index in [1.165, 1.54) is 24.3 Å². The highest BCUT2D eigenvalue weighted by atomic mass is 35.5. The highest BCUT2D eigenvalue weighted by molar-refractivity contribution is 6.55. The average Bonchev–Trinajstić information content (AvgIpc) is 2.48. The number of hydrogen-bond donors (Lipinski definition) is 0. The number of carbonyl (C=O) groups excluding carboxylic acids is 1. The van der Waals surface area contributed by atoms with E-state index in [9.17, 15) is 18.0 Å². The van der Waals surface area contributed by atoms with Gasteiger partial charge in [-0.2, -0.15) is 13.2 Å². The third-order valence-electron chi connectivity index (χ3n) is 2.82. The first-order chi connectivity index (χ1) is 10.7. The maximum Gasteiger partial charge on any atom is 0.416 e. The highest BCUT2D eigenvalue weighted by Gasteiger charge is 2.31. The fraction of sp³-hybridized carbons (Fsp3) is 0.133. The minimum atomic E-state index is -4.48. The van der Waals surface area contributed by atoms with Crippen LogP contribution in [0.5, 0.6) is 11.5 Å². The van der Waals surface area contributed by atoms with Gasteiger partial charge in [-0.15, -0.1) is 0 Å². The van der Waals surface area contributed by atoms with Gasteiger partial charge in [0, 0.05) is 5.56 Å². The normalized spacial score (nSPS) is 11.6. The molecule has 122 valence electrons. The van der Waals surface area contributed by atoms with Crippen molar-refractivity contribution in [3.8, 4) is 11.5 Å². The number of halogens is 6. The Kier molecular flexibility index (Phi) is 5.45. The molecular weight excluding hydrogens is 376 g/mol. The zero-order valence-corrected chi connectivity index (χ0v) is 13.5. The summed E-state index contributed by atoms with van der Waals surface area (Å²) < 4.78 is 43.1. The van der Waals surface area contributed by atoms with Crippen molar-refractivity contribution in [1.29, 1.82) is 0 Å². The van der Waals surface area contributed by atoms with Crippen LogP contribution in [0.15, 0.2) is 42.5 Å². The van der Waals surface area contributed by atoms with Crippen LogP contribution in [0, 0.1) is 0 Å². The van der Waals surface area contributed by atoms with Crippen molar-refractivity contribution in [2.75, 3.05) is 0 Å². The van der Waals surface area contributed by atoms with Gasteiger partial charge in [0.2, 0.25) is 0 Å². The molecule has 0 N–H and O–H groups in total. The van der Waals surface area contributed by atoms with Gasteiger partial charge in [-0.25, -0.2) is 0 Å². The van der Waals surface area contributed by atoms with Gasteiger partial charge in [-0.1, -0.05) is 34.8 Å². The van der Waals surface area contributed by atoms with Crippen LogP contribution >= 0.6 is 34.8 Å². The van der Waals surface area contributed by atoms with Crippen LogP contribution in [0.25, 0.3) is 0 Å². The summed E-state index contributed by atoms with van der Waals surface area (Å²) in [6, 6.07) is 8.55. The monoisotopic (exact) mass is 382 g/mol. The lowest BCUT2D eigenvalue weighted by molar-refractivity contribution is -0.137. The lowest BCUT2D eigenvalue weighted by atomic mass is 10.1. The van der Waals surface area contributed by atoms with Gasteiger partial charge >= 0.3 is 6.18 Å². The number of ketones is 1. The fourth-order valence-corrected chi connectivity index (χ4v) is 2.17. The molecule has 23 heavy (non-hydrogen) atoms. The largest absolute Gasteiger partial charge is 0.456 e. The van der Waals surface area contributed by atoms with E-state index in [0.717, 1.165) is 18.2 Å². The molecule has 0 spiro atoms. The molecule has 0 fully saturated rings. The van der Waals surface area contributed by atoms with Crippen LogP contribution in [0.1, 0.15) is 15.9 Å². The summed E-state index contributed by atoms with van der Waals surface area (Å²) in [7, 11) is 0. The van der Waals surface area contributed by atoms with E-state index in [0.29, 0.717) is 5.75 Å². The molecule has 0 aliphatic heterocycles. The molecule has 0 unspecified atom stereocenters. The zero-order valence-electron chi connectivity index (χ0n) is 11.2. The molecule has 2 rings (SSSR count). The summed E-state index contributed by atoms with van der Waals surface area (Å²) >= 11 is 16.8. The predicted octanol–water partition coefficient (Wildman–Crippen LogP) is 6.14. The smallest absolute Gasteiger partial charge is 0.416 e. The summed E-state index contributed by atoms with van der Waals surface area (Å²) in [6.07, 6.45) is -4.48. The Hall–Kier alpha value is -1.43. The molecule has 0 bridgehead atoms. The minimum Gasteiger partial charge on any atom is -0.456 e. The second kappa shape index (κ2) is 6.99. The Labute approximate surface area is 144 Å². The van der Waals surface area contributed by atoms with Gasteiger partial charge < -0.3 is 4.74 Å². The van der Waals surface area contributed by atoms with Crippen LogP contribution in [-0.2, 0) is 6.18 Å². The number of alkyl halides is 5. The van der Waals surface area contributed by atoms with Crippen LogP contribution in [0.2, 0.25) is 5.02 Å². The Morgan fingerprint density at radius 1 is 1.04 bits per heavy atom. The van der Waals surface area contributed by atoms with Crippen molar-refractivity contribution in [3.63, 3.8) is 0 Å². The summed E-state index contributed by atoms with van der Waals surface area (Å²) in [5, 5.41) is -0.179. The molecule has 2 nitrogen and oxygen atoms in total. The van der Waals surface area contributed by atoms with Gasteiger partial charge in [-0.05, 0) is 42.5 Å². The summed E-state index contributed by atoms with van der Waals surface area (Å²) in [4.78, 5) is 10.4. The first kappa shape index (κ1) is 17.9. The fourth-order valence-electron chi connectivity index (χ4n) is 1.70. The van der Waals surface area contributed by atoms with Crippen molar-refractivity contribution in [2.24, 2.45) is 0 Å². The second-order valence-corrected chi connectivity index (χ2v) is 5.94. The molecule has 0 aromatic heterocycles. The standard InChI is InChI=1S/C15H8Cl3F3O2/c16-11-7-9(15(19,20)21)3-6-12(11)23-10-4-1-8(2-5-10)13(22)14(17)18/h1-7,14H. The maximum absolute atomic E-state index is 12.6. The topological polar surface area (TPSA) is 26.3 Å². The van der Waals surface area contributed by atoms with Crippen LogP contribution in [-0.4, -0.2) is 10.6 Å². The lowest BCUT2D eigenvalue weighted by Gasteiger charge is -2.11. The van der Waals surface area contributed by atoms with Crippen molar-refractivity contribution < 1.29 is 22.7 Å². The van der Waals surface area contributed by atoms with Crippen molar-refractivity contribution in [1.82, 2.24) is 0 Å². The molecule has 0 saturated carbocycles. The van der Waals surface area contributed by atoms with Crippen molar-refractivity contribution in [2.45, 2.75) is 11.0 Å². The van der Waals surface area contributed by atoms with Crippen LogP contribution < -0.4 is 4.74 Å². The van der Waals surface area contributed by atoms with E-state index in [1.807, 2.05) is 0 Å². The van der Waals surface area contributed by atoms with E-state index in [1.54, 1.807) is 0 Å². The summed E-state index contributed by atoms with van der Waals surface area (Å²) in [5.41, 5.74) is -0.586. The second-order valence-electron chi connectivity index (χ2n) is 4.43. The Balaban J connectivity index is 2.18. The third-order valence-corrected chi connectivity index (χ3v) is 3.52. The van der Waals surface area contributed by atoms with Gasteiger partial charge in [0.1, 0.15) is 11.5 Å². The minimum absolute atomic E-state index is 0.0614. The average molecular weight is 384 g/mol. The number of carbonyl (C=O) groups is 1. The lowest BCUT2D eigenvalue weighted by Crippen LogP contribution is -2.07. The van der Waals surface area contributed by atoms with E-state index in [2.05, 4.69) is 0 Å². The Morgan fingerprint density at radius 3 is 2.13 bits per heavy atom. The van der Waals surface area contributed by atoms with Gasteiger partial charge in [0.25, 0.3) is 0 Å². The number of Topliss-reactive ketones (excluding diaryl/α,β-unsaturated/α-hetero) is 1. The Morgan fingerprint density at radius 2 is 1.65 bits per heavy atom. The van der Waals surface area contributed by atoms with Gasteiger partial charge in [0.15, 0.2) is 10.6 Å². The van der Waals surface area contributed by atoms with Crippen LogP contribution in [0.3, 0.4) is 0 Å². The zero-order chi connectivity index (χ0) is 17.2. The molecule has 0 atom stereocenters. The van der Waals surface area contributed by atoms with E-state index in [4.69, 9.17) is 39.5 Å². The summed E-state index contributed by atoms with van der Waals surface area (Å²) in [6.45, 7) is 0. The van der Waals surface area contributed by atoms with Gasteiger partial charge in [-0.3, -0.25) is 4.79 Å². The van der Waals surface area contributed by atoms with Crippen molar-refractivity contribution in [3.05, 3.63) is 58.6 Å². The predicted molar refractivity (Wildman–Crippen MR) is 82.8 cm³/mol. The third kappa shape index (κ3) is 4.53. The van der Waals surface area contributed by atoms with E-state index < -0.39 is 22.4 Å². The van der Waals surface area contributed by atoms with Gasteiger partial charge in [0.05, 0.1) is 10.6 Å². The highest BCUT2D eigenvalue weighted by Crippen LogP contribution is 2.36. The molecule has 2 aromatic rings. The Bertz CT molecular complexity index is 713. The number of benzene rings is 2. The molecule has 0 saturated heterocycles. The molecule has 0 aliphatic carbocycles. The first-order valence-electron chi connectivity index (χ1n) is 6.15. The summed E-state index contributed by atoms with van der Waals surface area (Å²) in [5.74, 6) is -0.109. The van der Waals surface area contributed by atoms with E-state index >= 15 is 0 Å². The molecule has 0 radical (unpaired) electrons. The molecular formula is C15H8Cl3F3O2. The molecule has 0 aliphatic rings. The maximum atomic E-state index is 12.6. The SMILES string of the molecule is O=C(c1ccc(Oc2ccc(C(F)(F)F)cc2Cl)cc1)C(Cl)Cl. The number of ether oxygens (including phenoxy) is 1. The molecule has 0 amide bonds. The number of rotatable bonds is 4. The van der Waals surface area contributed by atoms with Crippen molar-refractivity contribution >= 4 is 40.6 Å². The number of hydrogen-bond acceptors (Lipinski definition) is 2.